The van der Waals surface area contributed by atoms with Crippen molar-refractivity contribution in [3.63, 3.8) is 0 Å². The maximum absolute atomic E-state index is 9.36. The molecule has 17 heavy (non-hydrogen) atoms. The van der Waals surface area contributed by atoms with E-state index in [2.05, 4.69) is 23.7 Å². The Labute approximate surface area is 103 Å². The second-order valence-corrected chi connectivity index (χ2v) is 5.04. The summed E-state index contributed by atoms with van der Waals surface area (Å²) >= 11 is 0. The molecule has 0 aromatic carbocycles. The topological polar surface area (TPSA) is 36.4 Å². The lowest BCUT2D eigenvalue weighted by atomic mass is 9.82. The molecule has 3 heteroatoms. The molecule has 1 N–H and O–H groups in total. The van der Waals surface area contributed by atoms with Crippen molar-refractivity contribution in [3.05, 3.63) is 24.0 Å². The van der Waals surface area contributed by atoms with Crippen molar-refractivity contribution in [2.24, 2.45) is 5.41 Å². The summed E-state index contributed by atoms with van der Waals surface area (Å²) in [6.07, 6.45) is 7.31. The molecule has 1 aromatic rings. The monoisotopic (exact) mass is 234 g/mol. The van der Waals surface area contributed by atoms with Crippen LogP contribution >= 0.6 is 0 Å². The standard InChI is InChI=1S/C14H22N2O/c1-3-14(4-2)6-8-16(11-14)13-5-7-15-9-12(13)10-17/h5,7,9,17H,3-4,6,8,10-11H2,1-2H3. The minimum absolute atomic E-state index is 0.0743. The molecule has 1 aliphatic heterocycles. The lowest BCUT2D eigenvalue weighted by molar-refractivity contribution is 0.281. The molecule has 0 bridgehead atoms. The van der Waals surface area contributed by atoms with Gasteiger partial charge in [0.1, 0.15) is 0 Å². The molecule has 0 aliphatic carbocycles. The summed E-state index contributed by atoms with van der Waals surface area (Å²) in [5.74, 6) is 0. The predicted molar refractivity (Wildman–Crippen MR) is 70.0 cm³/mol. The highest BCUT2D eigenvalue weighted by molar-refractivity contribution is 5.53. The number of hydrogen-bond acceptors (Lipinski definition) is 3. The number of aliphatic hydroxyl groups is 1. The highest BCUT2D eigenvalue weighted by Gasteiger charge is 2.35. The van der Waals surface area contributed by atoms with Gasteiger partial charge in [0.25, 0.3) is 0 Å². The number of nitrogens with zero attached hydrogens (tertiary/aromatic N) is 2. The largest absolute Gasteiger partial charge is 0.392 e. The third-order valence-corrected chi connectivity index (χ3v) is 4.33. The second-order valence-electron chi connectivity index (χ2n) is 5.04. The van der Waals surface area contributed by atoms with Gasteiger partial charge in [-0.25, -0.2) is 0 Å². The van der Waals surface area contributed by atoms with Gasteiger partial charge in [0.05, 0.1) is 6.61 Å². The summed E-state index contributed by atoms with van der Waals surface area (Å²) in [7, 11) is 0. The second kappa shape index (κ2) is 5.05. The summed E-state index contributed by atoms with van der Waals surface area (Å²) in [6, 6.07) is 2.02. The molecule has 2 rings (SSSR count). The van der Waals surface area contributed by atoms with Gasteiger partial charge in [-0.3, -0.25) is 4.98 Å². The van der Waals surface area contributed by atoms with E-state index >= 15 is 0 Å². The molecule has 2 heterocycles. The number of aromatic nitrogens is 1. The first-order valence-corrected chi connectivity index (χ1v) is 6.53. The SMILES string of the molecule is CCC1(CC)CCN(c2ccncc2CO)C1. The molecule has 94 valence electrons. The fourth-order valence-corrected chi connectivity index (χ4v) is 2.82. The molecule has 0 atom stereocenters. The van der Waals surface area contributed by atoms with Gasteiger partial charge >= 0.3 is 0 Å². The number of anilines is 1. The third-order valence-electron chi connectivity index (χ3n) is 4.33. The first-order chi connectivity index (χ1) is 8.24. The number of rotatable bonds is 4. The Balaban J connectivity index is 2.20. The molecular weight excluding hydrogens is 212 g/mol. The molecule has 3 nitrogen and oxygen atoms in total. The third kappa shape index (κ3) is 2.29. The molecule has 1 aromatic heterocycles. The van der Waals surface area contributed by atoms with E-state index < -0.39 is 0 Å². The molecule has 1 saturated heterocycles. The van der Waals surface area contributed by atoms with Crippen LogP contribution in [0.15, 0.2) is 18.5 Å². The van der Waals surface area contributed by atoms with Gasteiger partial charge in [-0.2, -0.15) is 0 Å². The van der Waals surface area contributed by atoms with E-state index in [-0.39, 0.29) is 6.61 Å². The Morgan fingerprint density at radius 2 is 2.18 bits per heavy atom. The van der Waals surface area contributed by atoms with E-state index in [9.17, 15) is 5.11 Å². The molecule has 0 unspecified atom stereocenters. The molecule has 0 spiro atoms. The van der Waals surface area contributed by atoms with Gasteiger partial charge < -0.3 is 10.0 Å². The van der Waals surface area contributed by atoms with Crippen molar-refractivity contribution < 1.29 is 5.11 Å². The highest BCUT2D eigenvalue weighted by Crippen LogP contribution is 2.39. The van der Waals surface area contributed by atoms with Crippen LogP contribution < -0.4 is 4.90 Å². The Kier molecular flexibility index (Phi) is 3.67. The molecule has 1 aliphatic rings. The zero-order valence-electron chi connectivity index (χ0n) is 10.8. The van der Waals surface area contributed by atoms with E-state index in [1.165, 1.54) is 19.3 Å². The Bertz CT molecular complexity index is 374. The lowest BCUT2D eigenvalue weighted by Crippen LogP contribution is -2.26. The van der Waals surface area contributed by atoms with Gasteiger partial charge in [0.15, 0.2) is 0 Å². The smallest absolute Gasteiger partial charge is 0.0717 e. The maximum atomic E-state index is 9.36. The van der Waals surface area contributed by atoms with E-state index in [4.69, 9.17) is 0 Å². The normalized spacial score (nSPS) is 18.6. The zero-order valence-corrected chi connectivity index (χ0v) is 10.8. The Hall–Kier alpha value is -1.09. The van der Waals surface area contributed by atoms with Crippen molar-refractivity contribution in [1.29, 1.82) is 0 Å². The summed E-state index contributed by atoms with van der Waals surface area (Å²) in [5, 5.41) is 9.36. The minimum Gasteiger partial charge on any atom is -0.392 e. The minimum atomic E-state index is 0.0743. The van der Waals surface area contributed by atoms with E-state index in [1.54, 1.807) is 6.20 Å². The average molecular weight is 234 g/mol. The van der Waals surface area contributed by atoms with Crippen LogP contribution in [0.1, 0.15) is 38.7 Å². The van der Waals surface area contributed by atoms with Crippen molar-refractivity contribution in [3.8, 4) is 0 Å². The van der Waals surface area contributed by atoms with Crippen LogP contribution in [0.2, 0.25) is 0 Å². The summed E-state index contributed by atoms with van der Waals surface area (Å²) in [6.45, 7) is 6.85. The van der Waals surface area contributed by atoms with Gasteiger partial charge in [-0.1, -0.05) is 13.8 Å². The number of hydrogen-bond donors (Lipinski definition) is 1. The fourth-order valence-electron chi connectivity index (χ4n) is 2.82. The molecule has 0 saturated carbocycles. The Morgan fingerprint density at radius 3 is 2.76 bits per heavy atom. The van der Waals surface area contributed by atoms with Gasteiger partial charge in [-0.15, -0.1) is 0 Å². The molecular formula is C14H22N2O. The summed E-state index contributed by atoms with van der Waals surface area (Å²) < 4.78 is 0. The number of pyridine rings is 1. The molecule has 0 radical (unpaired) electrons. The van der Waals surface area contributed by atoms with Crippen molar-refractivity contribution in [2.45, 2.75) is 39.7 Å². The van der Waals surface area contributed by atoms with Gasteiger partial charge in [0.2, 0.25) is 0 Å². The van der Waals surface area contributed by atoms with Gasteiger partial charge in [0, 0.05) is 36.7 Å². The van der Waals surface area contributed by atoms with E-state index in [0.29, 0.717) is 5.41 Å². The van der Waals surface area contributed by atoms with Crippen molar-refractivity contribution >= 4 is 5.69 Å². The van der Waals surface area contributed by atoms with Crippen LogP contribution in [0.3, 0.4) is 0 Å². The van der Waals surface area contributed by atoms with Gasteiger partial charge in [-0.05, 0) is 30.7 Å². The number of aliphatic hydroxyl groups excluding tert-OH is 1. The van der Waals surface area contributed by atoms with Crippen LogP contribution in [0.5, 0.6) is 0 Å². The van der Waals surface area contributed by atoms with E-state index in [0.717, 1.165) is 24.3 Å². The summed E-state index contributed by atoms with van der Waals surface area (Å²) in [4.78, 5) is 6.48. The van der Waals surface area contributed by atoms with Crippen LogP contribution in [0.25, 0.3) is 0 Å². The summed E-state index contributed by atoms with van der Waals surface area (Å²) in [5.41, 5.74) is 2.57. The highest BCUT2D eigenvalue weighted by atomic mass is 16.3. The first kappa shape index (κ1) is 12.4. The van der Waals surface area contributed by atoms with Crippen molar-refractivity contribution in [1.82, 2.24) is 4.98 Å². The first-order valence-electron chi connectivity index (χ1n) is 6.53. The average Bonchev–Trinajstić information content (AvgIpc) is 2.83. The quantitative estimate of drug-likeness (QED) is 0.870. The van der Waals surface area contributed by atoms with Crippen molar-refractivity contribution in [2.75, 3.05) is 18.0 Å². The molecule has 0 amide bonds. The predicted octanol–water partition coefficient (Wildman–Crippen LogP) is 2.59. The lowest BCUT2D eigenvalue weighted by Gasteiger charge is -2.28. The fraction of sp³-hybridized carbons (Fsp3) is 0.643. The maximum Gasteiger partial charge on any atom is 0.0717 e. The van der Waals surface area contributed by atoms with Crippen LogP contribution in [0, 0.1) is 5.41 Å². The zero-order chi connectivity index (χ0) is 12.3. The molecule has 1 fully saturated rings. The van der Waals surface area contributed by atoms with Crippen LogP contribution in [-0.4, -0.2) is 23.2 Å². The Morgan fingerprint density at radius 1 is 1.41 bits per heavy atom. The van der Waals surface area contributed by atoms with Crippen LogP contribution in [0.4, 0.5) is 5.69 Å². The van der Waals surface area contributed by atoms with E-state index in [1.807, 2.05) is 12.3 Å². The van der Waals surface area contributed by atoms with Crippen LogP contribution in [-0.2, 0) is 6.61 Å².